The Morgan fingerprint density at radius 1 is 1.08 bits per heavy atom. The molecule has 2 aromatic rings. The van der Waals surface area contributed by atoms with Crippen molar-refractivity contribution in [3.8, 4) is 0 Å². The monoisotopic (exact) mass is 413 g/mol. The summed E-state index contributed by atoms with van der Waals surface area (Å²) in [7, 11) is -3.54. The normalized spacial score (nSPS) is 17.1. The van der Waals surface area contributed by atoms with E-state index in [1.54, 1.807) is 0 Å². The van der Waals surface area contributed by atoms with Crippen LogP contribution in [0.4, 0.5) is 4.39 Å². The second-order valence-corrected chi connectivity index (χ2v) is 8.77. The Labute approximate surface area is 150 Å². The van der Waals surface area contributed by atoms with Crippen LogP contribution in [0.15, 0.2) is 57.9 Å². The van der Waals surface area contributed by atoms with Crippen LogP contribution in [0, 0.1) is 5.82 Å². The first-order chi connectivity index (χ1) is 11.4. The average molecular weight is 414 g/mol. The first kappa shape index (κ1) is 17.5. The van der Waals surface area contributed by atoms with Gasteiger partial charge in [0.1, 0.15) is 12.4 Å². The van der Waals surface area contributed by atoms with Crippen LogP contribution in [0.5, 0.6) is 0 Å². The van der Waals surface area contributed by atoms with Gasteiger partial charge in [-0.05, 0) is 36.4 Å². The van der Waals surface area contributed by atoms with Crippen LogP contribution in [0.1, 0.15) is 5.56 Å². The number of halogens is 2. The second kappa shape index (κ2) is 7.31. The summed E-state index contributed by atoms with van der Waals surface area (Å²) in [5.74, 6) is -0.433. The van der Waals surface area contributed by atoms with E-state index in [1.807, 2.05) is 12.1 Å². The van der Waals surface area contributed by atoms with Gasteiger partial charge in [-0.1, -0.05) is 28.1 Å². The van der Waals surface area contributed by atoms with Gasteiger partial charge in [-0.25, -0.2) is 12.8 Å². The molecule has 24 heavy (non-hydrogen) atoms. The average Bonchev–Trinajstić information content (AvgIpc) is 2.56. The van der Waals surface area contributed by atoms with Gasteiger partial charge < -0.3 is 4.90 Å². The van der Waals surface area contributed by atoms with E-state index >= 15 is 0 Å². The minimum absolute atomic E-state index is 0.152. The van der Waals surface area contributed by atoms with Crippen molar-refractivity contribution in [3.63, 3.8) is 0 Å². The summed E-state index contributed by atoms with van der Waals surface area (Å²) in [4.78, 5) is 1.51. The highest BCUT2D eigenvalue weighted by Gasteiger charge is 2.30. The van der Waals surface area contributed by atoms with E-state index in [-0.39, 0.29) is 4.90 Å². The van der Waals surface area contributed by atoms with Crippen LogP contribution in [0.3, 0.4) is 0 Å². The Morgan fingerprint density at radius 3 is 2.38 bits per heavy atom. The van der Waals surface area contributed by atoms with Gasteiger partial charge in [0.25, 0.3) is 0 Å². The first-order valence-electron chi connectivity index (χ1n) is 7.79. The van der Waals surface area contributed by atoms with E-state index in [2.05, 4.69) is 28.1 Å². The molecule has 0 bridgehead atoms. The SMILES string of the molecule is O=S(=O)(c1ccc(F)cc1)N1CC[NH+](Cc2cccc(Br)c2)CC1. The van der Waals surface area contributed by atoms with Gasteiger partial charge in [0.2, 0.25) is 10.0 Å². The molecule has 0 atom stereocenters. The summed E-state index contributed by atoms with van der Waals surface area (Å²) in [6.45, 7) is 3.34. The minimum atomic E-state index is -3.54. The third kappa shape index (κ3) is 4.03. The summed E-state index contributed by atoms with van der Waals surface area (Å²) in [6, 6.07) is 13.2. The smallest absolute Gasteiger partial charge is 0.243 e. The van der Waals surface area contributed by atoms with Crippen molar-refractivity contribution in [1.29, 1.82) is 0 Å². The maximum Gasteiger partial charge on any atom is 0.243 e. The van der Waals surface area contributed by atoms with Gasteiger partial charge in [0, 0.05) is 10.0 Å². The lowest BCUT2D eigenvalue weighted by atomic mass is 10.2. The molecule has 0 spiro atoms. The van der Waals surface area contributed by atoms with Gasteiger partial charge >= 0.3 is 0 Å². The predicted molar refractivity (Wildman–Crippen MR) is 93.7 cm³/mol. The van der Waals surface area contributed by atoms with Crippen LogP contribution in [0.25, 0.3) is 0 Å². The fraction of sp³-hybridized carbons (Fsp3) is 0.294. The molecule has 1 fully saturated rings. The Morgan fingerprint density at radius 2 is 1.75 bits per heavy atom. The molecular weight excluding hydrogens is 395 g/mol. The Hall–Kier alpha value is -1.28. The van der Waals surface area contributed by atoms with Crippen LogP contribution in [0.2, 0.25) is 0 Å². The molecule has 1 heterocycles. The fourth-order valence-corrected chi connectivity index (χ4v) is 4.80. The fourth-order valence-electron chi connectivity index (χ4n) is 2.91. The minimum Gasteiger partial charge on any atom is -0.329 e. The molecule has 3 rings (SSSR count). The van der Waals surface area contributed by atoms with E-state index in [9.17, 15) is 12.8 Å². The number of nitrogens with one attached hydrogen (secondary N) is 1. The molecule has 0 radical (unpaired) electrons. The standard InChI is InChI=1S/C17H18BrFN2O2S/c18-15-3-1-2-14(12-15)13-20-8-10-21(11-9-20)24(22,23)17-6-4-16(19)5-7-17/h1-7,12H,8-11,13H2/p+1. The van der Waals surface area contributed by atoms with Crippen molar-refractivity contribution in [2.75, 3.05) is 26.2 Å². The predicted octanol–water partition coefficient (Wildman–Crippen LogP) is 1.68. The van der Waals surface area contributed by atoms with Crippen molar-refractivity contribution in [2.24, 2.45) is 0 Å². The Balaban J connectivity index is 1.63. The maximum absolute atomic E-state index is 13.0. The molecule has 7 heteroatoms. The molecule has 1 N–H and O–H groups in total. The number of quaternary nitrogens is 1. The second-order valence-electron chi connectivity index (χ2n) is 5.91. The van der Waals surface area contributed by atoms with Gasteiger partial charge in [-0.15, -0.1) is 0 Å². The van der Waals surface area contributed by atoms with Gasteiger partial charge in [0.05, 0.1) is 31.1 Å². The molecule has 0 aliphatic carbocycles. The van der Waals surface area contributed by atoms with Crippen molar-refractivity contribution in [2.45, 2.75) is 11.4 Å². The zero-order valence-electron chi connectivity index (χ0n) is 13.1. The van der Waals surface area contributed by atoms with Gasteiger partial charge in [0.15, 0.2) is 0 Å². The van der Waals surface area contributed by atoms with Crippen LogP contribution >= 0.6 is 15.9 Å². The van der Waals surface area contributed by atoms with Crippen molar-refractivity contribution in [3.05, 3.63) is 64.4 Å². The quantitative estimate of drug-likeness (QED) is 0.828. The Bertz CT molecular complexity index is 804. The molecule has 1 saturated heterocycles. The molecule has 2 aromatic carbocycles. The number of piperazine rings is 1. The number of sulfonamides is 1. The molecule has 4 nitrogen and oxygen atoms in total. The van der Waals surface area contributed by atoms with E-state index in [0.29, 0.717) is 13.1 Å². The third-order valence-corrected chi connectivity index (χ3v) is 6.63. The van der Waals surface area contributed by atoms with E-state index in [0.717, 1.165) is 24.1 Å². The molecule has 0 unspecified atom stereocenters. The van der Waals surface area contributed by atoms with E-state index < -0.39 is 15.8 Å². The number of rotatable bonds is 4. The van der Waals surface area contributed by atoms with E-state index in [4.69, 9.17) is 0 Å². The van der Waals surface area contributed by atoms with Gasteiger partial charge in [-0.2, -0.15) is 4.31 Å². The molecule has 0 saturated carbocycles. The highest BCUT2D eigenvalue weighted by Crippen LogP contribution is 2.16. The highest BCUT2D eigenvalue weighted by molar-refractivity contribution is 9.10. The molecule has 0 aromatic heterocycles. The molecule has 128 valence electrons. The number of benzene rings is 2. The molecule has 1 aliphatic rings. The molecule has 1 aliphatic heterocycles. The van der Waals surface area contributed by atoms with E-state index in [1.165, 1.54) is 39.0 Å². The summed E-state index contributed by atoms with van der Waals surface area (Å²) in [6.07, 6.45) is 0. The first-order valence-corrected chi connectivity index (χ1v) is 10.0. The van der Waals surface area contributed by atoms with Crippen molar-refractivity contribution < 1.29 is 17.7 Å². The number of nitrogens with zero attached hydrogens (tertiary/aromatic N) is 1. The van der Waals surface area contributed by atoms with Gasteiger partial charge in [-0.3, -0.25) is 0 Å². The number of hydrogen-bond donors (Lipinski definition) is 1. The number of hydrogen-bond acceptors (Lipinski definition) is 2. The highest BCUT2D eigenvalue weighted by atomic mass is 79.9. The molecular formula is C17H19BrFN2O2S+. The summed E-state index contributed by atoms with van der Waals surface area (Å²) < 4.78 is 40.7. The summed E-state index contributed by atoms with van der Waals surface area (Å²) in [5, 5.41) is 0. The van der Waals surface area contributed by atoms with Crippen molar-refractivity contribution >= 4 is 26.0 Å². The van der Waals surface area contributed by atoms with Crippen LogP contribution in [-0.2, 0) is 16.6 Å². The maximum atomic E-state index is 13.0. The third-order valence-electron chi connectivity index (χ3n) is 4.22. The zero-order valence-corrected chi connectivity index (χ0v) is 15.5. The lowest BCUT2D eigenvalue weighted by Crippen LogP contribution is -3.13. The lowest BCUT2D eigenvalue weighted by molar-refractivity contribution is -0.917. The lowest BCUT2D eigenvalue weighted by Gasteiger charge is -2.31. The zero-order chi connectivity index (χ0) is 17.2. The summed E-state index contributed by atoms with van der Waals surface area (Å²) in [5.41, 5.74) is 1.23. The Kier molecular flexibility index (Phi) is 5.34. The largest absolute Gasteiger partial charge is 0.329 e. The van der Waals surface area contributed by atoms with Crippen LogP contribution in [-0.4, -0.2) is 38.9 Å². The van der Waals surface area contributed by atoms with Crippen LogP contribution < -0.4 is 4.90 Å². The van der Waals surface area contributed by atoms with Crippen molar-refractivity contribution in [1.82, 2.24) is 4.31 Å². The topological polar surface area (TPSA) is 41.8 Å². The summed E-state index contributed by atoms with van der Waals surface area (Å²) >= 11 is 3.47. The molecule has 0 amide bonds.